The van der Waals surface area contributed by atoms with Crippen LogP contribution in [0.15, 0.2) is 42.6 Å². The highest BCUT2D eigenvalue weighted by molar-refractivity contribution is 6.36. The summed E-state index contributed by atoms with van der Waals surface area (Å²) in [4.78, 5) is 33.2. The van der Waals surface area contributed by atoms with Crippen molar-refractivity contribution in [2.45, 2.75) is 6.92 Å². The SMILES string of the molecule is Cc1c(C(=O)N2CCN(C)CC2)c[nH]c1C=C1C(=O)Nc2cccc(-c3ccc(F)c(Cl)c3)c21. The Balaban J connectivity index is 1.53. The maximum Gasteiger partial charge on any atom is 0.256 e. The van der Waals surface area contributed by atoms with Gasteiger partial charge in [0.05, 0.1) is 16.2 Å². The Morgan fingerprint density at radius 1 is 1.15 bits per heavy atom. The van der Waals surface area contributed by atoms with Gasteiger partial charge >= 0.3 is 0 Å². The fourth-order valence-electron chi connectivity index (χ4n) is 4.50. The molecule has 0 aliphatic carbocycles. The fourth-order valence-corrected chi connectivity index (χ4v) is 4.68. The van der Waals surface area contributed by atoms with Gasteiger partial charge in [0.15, 0.2) is 0 Å². The van der Waals surface area contributed by atoms with Crippen molar-refractivity contribution < 1.29 is 14.0 Å². The van der Waals surface area contributed by atoms with Crippen LogP contribution in [0.4, 0.5) is 10.1 Å². The first kappa shape index (κ1) is 22.4. The van der Waals surface area contributed by atoms with Crippen molar-refractivity contribution in [1.29, 1.82) is 0 Å². The van der Waals surface area contributed by atoms with Crippen LogP contribution < -0.4 is 5.32 Å². The van der Waals surface area contributed by atoms with Crippen LogP contribution in [-0.2, 0) is 4.79 Å². The Morgan fingerprint density at radius 3 is 2.65 bits per heavy atom. The minimum absolute atomic E-state index is 0.00980. The number of carbonyl (C=O) groups excluding carboxylic acids is 2. The summed E-state index contributed by atoms with van der Waals surface area (Å²) in [7, 11) is 2.05. The number of H-pyrrole nitrogens is 1. The monoisotopic (exact) mass is 478 g/mol. The number of fused-ring (bicyclic) bond motifs is 1. The highest BCUT2D eigenvalue weighted by Crippen LogP contribution is 2.41. The van der Waals surface area contributed by atoms with E-state index in [0.717, 1.165) is 29.8 Å². The Labute approximate surface area is 202 Å². The Morgan fingerprint density at radius 2 is 1.91 bits per heavy atom. The van der Waals surface area contributed by atoms with Crippen molar-refractivity contribution in [3.63, 3.8) is 0 Å². The Hall–Kier alpha value is -3.42. The molecule has 6 nitrogen and oxygen atoms in total. The fraction of sp³-hybridized carbons (Fsp3) is 0.231. The smallest absolute Gasteiger partial charge is 0.256 e. The first-order chi connectivity index (χ1) is 16.3. The van der Waals surface area contributed by atoms with E-state index in [0.29, 0.717) is 41.2 Å². The van der Waals surface area contributed by atoms with Crippen LogP contribution in [0.1, 0.15) is 27.2 Å². The summed E-state index contributed by atoms with van der Waals surface area (Å²) in [6.07, 6.45) is 3.48. The maximum atomic E-state index is 13.7. The summed E-state index contributed by atoms with van der Waals surface area (Å²) in [5, 5.41) is 2.92. The Kier molecular flexibility index (Phi) is 5.75. The summed E-state index contributed by atoms with van der Waals surface area (Å²) >= 11 is 6.02. The van der Waals surface area contributed by atoms with Gasteiger partial charge in [-0.1, -0.05) is 29.8 Å². The summed E-state index contributed by atoms with van der Waals surface area (Å²) in [5.41, 5.74) is 5.43. The summed E-state index contributed by atoms with van der Waals surface area (Å²) < 4.78 is 13.7. The van der Waals surface area contributed by atoms with Gasteiger partial charge in [-0.25, -0.2) is 4.39 Å². The van der Waals surface area contributed by atoms with Gasteiger partial charge in [-0.05, 0) is 54.9 Å². The van der Waals surface area contributed by atoms with Crippen molar-refractivity contribution in [3.05, 3.63) is 75.8 Å². The normalized spacial score (nSPS) is 17.2. The van der Waals surface area contributed by atoms with Crippen LogP contribution in [0.3, 0.4) is 0 Å². The molecular weight excluding hydrogens is 455 g/mol. The van der Waals surface area contributed by atoms with Crippen molar-refractivity contribution in [1.82, 2.24) is 14.8 Å². The van der Waals surface area contributed by atoms with Crippen LogP contribution in [0.25, 0.3) is 22.8 Å². The molecule has 0 unspecified atom stereocenters. The zero-order valence-electron chi connectivity index (χ0n) is 18.9. The molecule has 0 radical (unpaired) electrons. The summed E-state index contributed by atoms with van der Waals surface area (Å²) in [6, 6.07) is 10.0. The average molecular weight is 479 g/mol. The first-order valence-corrected chi connectivity index (χ1v) is 11.5. The third-order valence-electron chi connectivity index (χ3n) is 6.55. The number of halogens is 2. The molecule has 0 atom stereocenters. The molecule has 3 heterocycles. The van der Waals surface area contributed by atoms with E-state index in [1.165, 1.54) is 6.07 Å². The highest BCUT2D eigenvalue weighted by atomic mass is 35.5. The number of piperazine rings is 1. The number of benzene rings is 2. The summed E-state index contributed by atoms with van der Waals surface area (Å²) in [5.74, 6) is -0.747. The largest absolute Gasteiger partial charge is 0.361 e. The topological polar surface area (TPSA) is 68.4 Å². The molecule has 3 aromatic rings. The van der Waals surface area contributed by atoms with Crippen LogP contribution >= 0.6 is 11.6 Å². The number of nitrogens with one attached hydrogen (secondary N) is 2. The second kappa shape index (κ2) is 8.74. The summed E-state index contributed by atoms with van der Waals surface area (Å²) in [6.45, 7) is 4.95. The van der Waals surface area contributed by atoms with E-state index in [2.05, 4.69) is 15.2 Å². The number of hydrogen-bond donors (Lipinski definition) is 2. The number of hydrogen-bond acceptors (Lipinski definition) is 3. The molecule has 2 N–H and O–H groups in total. The van der Waals surface area contributed by atoms with Crippen molar-refractivity contribution >= 4 is 40.8 Å². The number of aromatic nitrogens is 1. The molecule has 1 fully saturated rings. The molecular formula is C26H24ClFN4O2. The van der Waals surface area contributed by atoms with Crippen LogP contribution in [0, 0.1) is 12.7 Å². The van der Waals surface area contributed by atoms with Gasteiger partial charge < -0.3 is 20.1 Å². The zero-order valence-corrected chi connectivity index (χ0v) is 19.7. The molecule has 34 heavy (non-hydrogen) atoms. The van der Waals surface area contributed by atoms with E-state index in [1.54, 1.807) is 24.4 Å². The van der Waals surface area contributed by atoms with E-state index in [-0.39, 0.29) is 16.8 Å². The molecule has 174 valence electrons. The predicted molar refractivity (Wildman–Crippen MR) is 132 cm³/mol. The van der Waals surface area contributed by atoms with Gasteiger partial charge in [0, 0.05) is 49.3 Å². The van der Waals surface area contributed by atoms with Crippen molar-refractivity contribution in [2.24, 2.45) is 0 Å². The number of rotatable bonds is 3. The highest BCUT2D eigenvalue weighted by Gasteiger charge is 2.29. The lowest BCUT2D eigenvalue weighted by Crippen LogP contribution is -2.47. The third kappa shape index (κ3) is 3.91. The van der Waals surface area contributed by atoms with Crippen LogP contribution in [0.2, 0.25) is 5.02 Å². The van der Waals surface area contributed by atoms with Crippen LogP contribution in [-0.4, -0.2) is 59.8 Å². The zero-order chi connectivity index (χ0) is 24.0. The third-order valence-corrected chi connectivity index (χ3v) is 6.84. The minimum Gasteiger partial charge on any atom is -0.361 e. The van der Waals surface area contributed by atoms with Gasteiger partial charge in [0.1, 0.15) is 5.82 Å². The van der Waals surface area contributed by atoms with E-state index in [1.807, 2.05) is 37.1 Å². The van der Waals surface area contributed by atoms with E-state index in [4.69, 9.17) is 11.6 Å². The lowest BCUT2D eigenvalue weighted by atomic mass is 9.94. The maximum absolute atomic E-state index is 13.7. The molecule has 0 spiro atoms. The molecule has 2 aliphatic heterocycles. The first-order valence-electron chi connectivity index (χ1n) is 11.1. The number of carbonyl (C=O) groups is 2. The van der Waals surface area contributed by atoms with E-state index in [9.17, 15) is 14.0 Å². The quantitative estimate of drug-likeness (QED) is 0.538. The van der Waals surface area contributed by atoms with Gasteiger partial charge in [-0.2, -0.15) is 0 Å². The van der Waals surface area contributed by atoms with Crippen molar-refractivity contribution in [2.75, 3.05) is 38.5 Å². The van der Waals surface area contributed by atoms with Gasteiger partial charge in [-0.3, -0.25) is 9.59 Å². The lowest BCUT2D eigenvalue weighted by molar-refractivity contribution is -0.110. The second-order valence-corrected chi connectivity index (χ2v) is 9.11. The van der Waals surface area contributed by atoms with Gasteiger partial charge in [0.25, 0.3) is 11.8 Å². The Bertz CT molecular complexity index is 1340. The molecule has 1 aromatic heterocycles. The number of amides is 2. The number of anilines is 1. The number of nitrogens with zero attached hydrogens (tertiary/aromatic N) is 2. The second-order valence-electron chi connectivity index (χ2n) is 8.71. The molecule has 8 heteroatoms. The molecule has 2 aromatic carbocycles. The molecule has 2 aliphatic rings. The van der Waals surface area contributed by atoms with Crippen LogP contribution in [0.5, 0.6) is 0 Å². The predicted octanol–water partition coefficient (Wildman–Crippen LogP) is 4.66. The van der Waals surface area contributed by atoms with Crippen molar-refractivity contribution in [3.8, 4) is 11.1 Å². The number of likely N-dealkylation sites (N-methyl/N-ethyl adjacent to an activating group) is 1. The molecule has 0 saturated carbocycles. The minimum atomic E-state index is -0.498. The average Bonchev–Trinajstić information content (AvgIpc) is 3.35. The molecule has 1 saturated heterocycles. The molecule has 2 amide bonds. The van der Waals surface area contributed by atoms with E-state index < -0.39 is 5.82 Å². The number of aromatic amines is 1. The molecule has 5 rings (SSSR count). The van der Waals surface area contributed by atoms with Gasteiger partial charge in [0.2, 0.25) is 0 Å². The standard InChI is InChI=1S/C26H24ClFN4O2/c1-15-19(26(34)32-10-8-31(2)9-11-32)14-29-23(15)13-18-24-17(4-3-5-22(24)30-25(18)33)16-6-7-21(28)20(27)12-16/h3-7,12-14,29H,8-11H2,1-2H3,(H,30,33). The molecule has 0 bridgehead atoms. The van der Waals surface area contributed by atoms with Gasteiger partial charge in [-0.15, -0.1) is 0 Å². The van der Waals surface area contributed by atoms with E-state index >= 15 is 0 Å². The lowest BCUT2D eigenvalue weighted by Gasteiger charge is -2.32.